The summed E-state index contributed by atoms with van der Waals surface area (Å²) in [6.07, 6.45) is 1.55. The monoisotopic (exact) mass is 413 g/mol. The third-order valence-corrected chi connectivity index (χ3v) is 6.10. The highest BCUT2D eigenvalue weighted by Crippen LogP contribution is 2.49. The maximum atomic E-state index is 13.6. The number of nitrogens with one attached hydrogen (secondary N) is 1. The van der Waals surface area contributed by atoms with E-state index < -0.39 is 5.54 Å². The number of carbonyl (C=O) groups excluding carboxylic acids is 2. The van der Waals surface area contributed by atoms with Crippen molar-refractivity contribution in [3.8, 4) is 5.75 Å². The Hall–Kier alpha value is -2.57. The van der Waals surface area contributed by atoms with Gasteiger partial charge in [-0.2, -0.15) is 0 Å². The lowest BCUT2D eigenvalue weighted by Crippen LogP contribution is -2.57. The Morgan fingerprint density at radius 1 is 1.24 bits per heavy atom. The average Bonchev–Trinajstić information content (AvgIpc) is 3.30. The molecule has 29 heavy (non-hydrogen) atoms. The van der Waals surface area contributed by atoms with E-state index >= 15 is 0 Å². The van der Waals surface area contributed by atoms with Gasteiger partial charge in [-0.3, -0.25) is 14.5 Å². The molecule has 2 aromatic carbocycles. The molecule has 6 nitrogen and oxygen atoms in total. The van der Waals surface area contributed by atoms with Crippen molar-refractivity contribution < 1.29 is 14.3 Å². The van der Waals surface area contributed by atoms with E-state index in [0.29, 0.717) is 23.7 Å². The lowest BCUT2D eigenvalue weighted by atomic mass is 9.81. The molecule has 4 rings (SSSR count). The Morgan fingerprint density at radius 2 is 1.97 bits per heavy atom. The number of amides is 2. The van der Waals surface area contributed by atoms with Gasteiger partial charge in [0.1, 0.15) is 5.75 Å². The van der Waals surface area contributed by atoms with E-state index in [-0.39, 0.29) is 17.9 Å². The first-order chi connectivity index (χ1) is 13.9. The fourth-order valence-corrected chi connectivity index (χ4v) is 4.72. The molecular formula is C22H24ClN3O3. The minimum Gasteiger partial charge on any atom is -0.497 e. The van der Waals surface area contributed by atoms with Crippen LogP contribution in [0.25, 0.3) is 0 Å². The molecule has 1 fully saturated rings. The van der Waals surface area contributed by atoms with E-state index in [0.717, 1.165) is 23.2 Å². The van der Waals surface area contributed by atoms with Crippen LogP contribution in [0.2, 0.25) is 5.02 Å². The largest absolute Gasteiger partial charge is 0.497 e. The minimum atomic E-state index is -1.13. The van der Waals surface area contributed by atoms with Crippen molar-refractivity contribution >= 4 is 29.1 Å². The molecule has 2 amide bonds. The summed E-state index contributed by atoms with van der Waals surface area (Å²) in [6, 6.07) is 12.5. The van der Waals surface area contributed by atoms with Crippen molar-refractivity contribution in [1.82, 2.24) is 9.80 Å². The van der Waals surface area contributed by atoms with Gasteiger partial charge < -0.3 is 15.0 Å². The van der Waals surface area contributed by atoms with Crippen molar-refractivity contribution in [3.63, 3.8) is 0 Å². The number of nitrogens with zero attached hydrogens (tertiary/aromatic N) is 2. The van der Waals surface area contributed by atoms with Crippen LogP contribution in [0, 0.1) is 0 Å². The Kier molecular flexibility index (Phi) is 5.00. The maximum Gasteiger partial charge on any atom is 0.254 e. The molecule has 2 aromatic rings. The molecule has 1 unspecified atom stereocenters. The number of fused-ring (bicyclic) bond motifs is 1. The molecule has 1 N–H and O–H groups in total. The highest BCUT2D eigenvalue weighted by molar-refractivity contribution is 6.31. The highest BCUT2D eigenvalue weighted by atomic mass is 35.5. The number of likely N-dealkylation sites (tertiary alicyclic amines) is 1. The van der Waals surface area contributed by atoms with Crippen LogP contribution in [0.15, 0.2) is 42.5 Å². The van der Waals surface area contributed by atoms with Crippen LogP contribution in [-0.2, 0) is 15.1 Å². The van der Waals surface area contributed by atoms with E-state index in [2.05, 4.69) is 5.32 Å². The van der Waals surface area contributed by atoms with Gasteiger partial charge in [0.15, 0.2) is 5.54 Å². The Labute approximate surface area is 175 Å². The molecule has 0 aliphatic carbocycles. The zero-order valence-corrected chi connectivity index (χ0v) is 17.5. The number of anilines is 1. The molecule has 0 radical (unpaired) electrons. The normalized spacial score (nSPS) is 23.6. The number of methoxy groups -OCH3 is 1. The Bertz CT molecular complexity index is 960. The highest BCUT2D eigenvalue weighted by Gasteiger charge is 2.57. The van der Waals surface area contributed by atoms with Crippen molar-refractivity contribution in [2.75, 3.05) is 33.1 Å². The molecule has 0 spiro atoms. The third kappa shape index (κ3) is 2.98. The molecule has 2 atom stereocenters. The van der Waals surface area contributed by atoms with E-state index in [4.69, 9.17) is 16.3 Å². The quantitative estimate of drug-likeness (QED) is 0.836. The molecular weight excluding hydrogens is 390 g/mol. The van der Waals surface area contributed by atoms with Crippen LogP contribution in [0.5, 0.6) is 5.75 Å². The number of hydrogen-bond donors (Lipinski definition) is 1. The summed E-state index contributed by atoms with van der Waals surface area (Å²) in [7, 11) is 5.10. The first-order valence-electron chi connectivity index (χ1n) is 9.63. The summed E-state index contributed by atoms with van der Waals surface area (Å²) in [5.41, 5.74) is 1.16. The predicted octanol–water partition coefficient (Wildman–Crippen LogP) is 3.10. The summed E-state index contributed by atoms with van der Waals surface area (Å²) < 4.78 is 5.30. The number of hydrogen-bond acceptors (Lipinski definition) is 4. The van der Waals surface area contributed by atoms with Crippen LogP contribution < -0.4 is 10.1 Å². The lowest BCUT2D eigenvalue weighted by Gasteiger charge is -2.41. The molecule has 2 aliphatic rings. The number of carbonyl (C=O) groups is 2. The Balaban J connectivity index is 1.95. The van der Waals surface area contributed by atoms with Crippen LogP contribution in [0.3, 0.4) is 0 Å². The van der Waals surface area contributed by atoms with Crippen LogP contribution in [0.4, 0.5) is 5.69 Å². The van der Waals surface area contributed by atoms with Gasteiger partial charge in [-0.1, -0.05) is 23.7 Å². The smallest absolute Gasteiger partial charge is 0.254 e. The van der Waals surface area contributed by atoms with Crippen LogP contribution >= 0.6 is 11.6 Å². The van der Waals surface area contributed by atoms with Gasteiger partial charge in [-0.25, -0.2) is 0 Å². The van der Waals surface area contributed by atoms with Gasteiger partial charge in [0.25, 0.3) is 5.91 Å². The molecule has 1 saturated heterocycles. The van der Waals surface area contributed by atoms with Crippen molar-refractivity contribution in [3.05, 3.63) is 58.6 Å². The minimum absolute atomic E-state index is 0.00124. The third-order valence-electron chi connectivity index (χ3n) is 5.87. The van der Waals surface area contributed by atoms with E-state index in [1.54, 1.807) is 32.2 Å². The number of ether oxygens (including phenoxy) is 1. The van der Waals surface area contributed by atoms with Gasteiger partial charge in [0.2, 0.25) is 5.91 Å². The summed E-state index contributed by atoms with van der Waals surface area (Å²) in [5, 5.41) is 3.56. The predicted molar refractivity (Wildman–Crippen MR) is 112 cm³/mol. The molecule has 2 heterocycles. The standard InChI is InChI=1S/C22H24ClN3O3/c1-25(2)20(27)19-5-4-12-26(19)22(14-6-9-16(29-3)10-7-14)17-13-15(23)8-11-18(17)24-21(22)28/h6-11,13,19H,4-5,12H2,1-3H3,(H,24,28)/t19-,22?/m0/s1. The summed E-state index contributed by atoms with van der Waals surface area (Å²) in [6.45, 7) is 0.635. The number of halogens is 1. The SMILES string of the molecule is COc1ccc(C2(N3CCC[C@H]3C(=O)N(C)C)C(=O)Nc3ccc(Cl)cc32)cc1. The van der Waals surface area contributed by atoms with Gasteiger partial charge in [-0.05, 0) is 48.7 Å². The average molecular weight is 414 g/mol. The van der Waals surface area contributed by atoms with Gasteiger partial charge in [0.05, 0.1) is 13.2 Å². The van der Waals surface area contributed by atoms with Crippen molar-refractivity contribution in [1.29, 1.82) is 0 Å². The number of rotatable bonds is 4. The van der Waals surface area contributed by atoms with Gasteiger partial charge in [0, 0.05) is 36.9 Å². The van der Waals surface area contributed by atoms with E-state index in [1.165, 1.54) is 0 Å². The summed E-state index contributed by atoms with van der Waals surface area (Å²) in [4.78, 5) is 30.2. The second-order valence-corrected chi connectivity index (χ2v) is 8.10. The number of benzene rings is 2. The lowest BCUT2D eigenvalue weighted by molar-refractivity contribution is -0.138. The number of likely N-dealkylation sites (N-methyl/N-ethyl adjacent to an activating group) is 1. The molecule has 152 valence electrons. The first-order valence-corrected chi connectivity index (χ1v) is 10.0. The summed E-state index contributed by atoms with van der Waals surface area (Å²) in [5.74, 6) is 0.535. The van der Waals surface area contributed by atoms with Crippen molar-refractivity contribution in [2.45, 2.75) is 24.4 Å². The van der Waals surface area contributed by atoms with E-state index in [9.17, 15) is 9.59 Å². The van der Waals surface area contributed by atoms with Gasteiger partial charge >= 0.3 is 0 Å². The second kappa shape index (κ2) is 7.35. The maximum absolute atomic E-state index is 13.6. The Morgan fingerprint density at radius 3 is 2.62 bits per heavy atom. The molecule has 7 heteroatoms. The fraction of sp³-hybridized carbons (Fsp3) is 0.364. The van der Waals surface area contributed by atoms with Crippen molar-refractivity contribution in [2.24, 2.45) is 0 Å². The molecule has 0 saturated carbocycles. The zero-order valence-electron chi connectivity index (χ0n) is 16.7. The topological polar surface area (TPSA) is 61.9 Å². The van der Waals surface area contributed by atoms with Gasteiger partial charge in [-0.15, -0.1) is 0 Å². The first kappa shape index (κ1) is 19.7. The molecule has 0 bridgehead atoms. The fourth-order valence-electron chi connectivity index (χ4n) is 4.55. The van der Waals surface area contributed by atoms with Crippen LogP contribution in [0.1, 0.15) is 24.0 Å². The van der Waals surface area contributed by atoms with E-state index in [1.807, 2.05) is 41.3 Å². The van der Waals surface area contributed by atoms with Crippen LogP contribution in [-0.4, -0.2) is 55.4 Å². The second-order valence-electron chi connectivity index (χ2n) is 7.67. The summed E-state index contributed by atoms with van der Waals surface area (Å²) >= 11 is 6.34. The zero-order chi connectivity index (χ0) is 20.8. The molecule has 0 aromatic heterocycles. The molecule has 2 aliphatic heterocycles.